The molecule has 0 radical (unpaired) electrons. The first-order valence-electron chi connectivity index (χ1n) is 6.79. The van der Waals surface area contributed by atoms with Gasteiger partial charge in [-0.3, -0.25) is 4.79 Å². The molecule has 0 saturated heterocycles. The first-order chi connectivity index (χ1) is 11.1. The van der Waals surface area contributed by atoms with Crippen LogP contribution in [0.4, 0.5) is 20.2 Å². The summed E-state index contributed by atoms with van der Waals surface area (Å²) in [6, 6.07) is 13.5. The first-order valence-corrected chi connectivity index (χ1v) is 7.67. The average Bonchev–Trinajstić information content (AvgIpc) is 2.54. The van der Waals surface area contributed by atoms with Gasteiger partial charge in [-0.25, -0.2) is 0 Å². The van der Waals surface area contributed by atoms with E-state index in [1.165, 1.54) is 0 Å². The number of thioether (sulfide) groups is 1. The molecule has 2 N–H and O–H groups in total. The van der Waals surface area contributed by atoms with Crippen molar-refractivity contribution in [2.45, 2.75) is 10.7 Å². The number of anilines is 2. The zero-order valence-corrected chi connectivity index (χ0v) is 13.2. The van der Waals surface area contributed by atoms with Gasteiger partial charge < -0.3 is 15.4 Å². The van der Waals surface area contributed by atoms with Crippen molar-refractivity contribution in [2.75, 3.05) is 24.3 Å². The van der Waals surface area contributed by atoms with Gasteiger partial charge in [-0.2, -0.15) is 8.78 Å². The van der Waals surface area contributed by atoms with Crippen LogP contribution in [0.5, 0.6) is 5.75 Å². The number of amides is 1. The fraction of sp³-hybridized carbons (Fsp3) is 0.188. The SMILES string of the molecule is COc1cccc(NC(=O)CNc2ccc(SC(F)F)cc2)c1. The number of carbonyl (C=O) groups is 1. The molecule has 2 aromatic rings. The van der Waals surface area contributed by atoms with Crippen molar-refractivity contribution in [1.82, 2.24) is 0 Å². The lowest BCUT2D eigenvalue weighted by atomic mass is 10.3. The maximum absolute atomic E-state index is 12.2. The summed E-state index contributed by atoms with van der Waals surface area (Å²) >= 11 is 0.485. The third kappa shape index (κ3) is 5.78. The van der Waals surface area contributed by atoms with E-state index in [4.69, 9.17) is 4.74 Å². The van der Waals surface area contributed by atoms with Gasteiger partial charge in [0.15, 0.2) is 0 Å². The molecule has 0 aliphatic carbocycles. The summed E-state index contributed by atoms with van der Waals surface area (Å²) < 4.78 is 29.5. The molecule has 0 spiro atoms. The zero-order valence-electron chi connectivity index (χ0n) is 12.4. The Morgan fingerprint density at radius 1 is 1.17 bits per heavy atom. The van der Waals surface area contributed by atoms with E-state index in [1.54, 1.807) is 55.6 Å². The number of hydrogen-bond donors (Lipinski definition) is 2. The number of methoxy groups -OCH3 is 1. The van der Waals surface area contributed by atoms with E-state index in [-0.39, 0.29) is 12.5 Å². The lowest BCUT2D eigenvalue weighted by molar-refractivity contribution is -0.114. The molecular formula is C16H16F2N2O2S. The Hall–Kier alpha value is -2.28. The number of alkyl halides is 2. The predicted molar refractivity (Wildman–Crippen MR) is 88.4 cm³/mol. The zero-order chi connectivity index (χ0) is 16.7. The average molecular weight is 338 g/mol. The molecule has 1 amide bonds. The van der Waals surface area contributed by atoms with Crippen molar-refractivity contribution in [3.8, 4) is 5.75 Å². The second kappa shape index (κ2) is 8.38. The van der Waals surface area contributed by atoms with Crippen LogP contribution in [0, 0.1) is 0 Å². The highest BCUT2D eigenvalue weighted by atomic mass is 32.2. The van der Waals surface area contributed by atoms with Crippen molar-refractivity contribution >= 4 is 29.0 Å². The molecule has 4 nitrogen and oxygen atoms in total. The van der Waals surface area contributed by atoms with E-state index in [0.717, 1.165) is 0 Å². The van der Waals surface area contributed by atoms with Gasteiger partial charge in [0.1, 0.15) is 5.75 Å². The van der Waals surface area contributed by atoms with Gasteiger partial charge in [-0.05, 0) is 36.4 Å². The second-order valence-corrected chi connectivity index (χ2v) is 5.60. The minimum absolute atomic E-state index is 0.0680. The molecule has 0 unspecified atom stereocenters. The van der Waals surface area contributed by atoms with Gasteiger partial charge in [0.05, 0.1) is 13.7 Å². The number of hydrogen-bond acceptors (Lipinski definition) is 4. The fourth-order valence-electron chi connectivity index (χ4n) is 1.84. The third-order valence-electron chi connectivity index (χ3n) is 2.89. The molecule has 23 heavy (non-hydrogen) atoms. The highest BCUT2D eigenvalue weighted by molar-refractivity contribution is 7.99. The molecule has 122 valence electrons. The van der Waals surface area contributed by atoms with Crippen molar-refractivity contribution in [1.29, 1.82) is 0 Å². The molecule has 2 aromatic carbocycles. The number of benzene rings is 2. The van der Waals surface area contributed by atoms with Crippen LogP contribution in [0.15, 0.2) is 53.4 Å². The Bertz CT molecular complexity index is 651. The van der Waals surface area contributed by atoms with Crippen molar-refractivity contribution in [3.05, 3.63) is 48.5 Å². The Morgan fingerprint density at radius 2 is 1.91 bits per heavy atom. The monoisotopic (exact) mass is 338 g/mol. The minimum atomic E-state index is -2.44. The van der Waals surface area contributed by atoms with Crippen LogP contribution >= 0.6 is 11.8 Å². The van der Waals surface area contributed by atoms with Crippen LogP contribution in [-0.2, 0) is 4.79 Å². The van der Waals surface area contributed by atoms with Gasteiger partial charge in [-0.15, -0.1) is 0 Å². The van der Waals surface area contributed by atoms with E-state index in [0.29, 0.717) is 33.8 Å². The topological polar surface area (TPSA) is 50.4 Å². The van der Waals surface area contributed by atoms with Crippen molar-refractivity contribution in [2.24, 2.45) is 0 Å². The molecule has 0 aliphatic rings. The van der Waals surface area contributed by atoms with Gasteiger partial charge in [-0.1, -0.05) is 17.8 Å². The van der Waals surface area contributed by atoms with Gasteiger partial charge in [0, 0.05) is 22.3 Å². The quantitative estimate of drug-likeness (QED) is 0.748. The number of carbonyl (C=O) groups excluding carboxylic acids is 1. The van der Waals surface area contributed by atoms with Crippen LogP contribution in [0.3, 0.4) is 0 Å². The molecule has 0 bridgehead atoms. The molecule has 0 aliphatic heterocycles. The van der Waals surface area contributed by atoms with E-state index < -0.39 is 5.76 Å². The number of rotatable bonds is 7. The van der Waals surface area contributed by atoms with Gasteiger partial charge >= 0.3 is 0 Å². The van der Waals surface area contributed by atoms with Crippen LogP contribution in [0.25, 0.3) is 0 Å². The van der Waals surface area contributed by atoms with Crippen LogP contribution < -0.4 is 15.4 Å². The second-order valence-electron chi connectivity index (χ2n) is 4.54. The summed E-state index contributed by atoms with van der Waals surface area (Å²) in [5.74, 6) is -2.00. The summed E-state index contributed by atoms with van der Waals surface area (Å²) in [6.07, 6.45) is 0. The molecule has 0 fully saturated rings. The maximum atomic E-state index is 12.2. The fourth-order valence-corrected chi connectivity index (χ4v) is 2.34. The highest BCUT2D eigenvalue weighted by Crippen LogP contribution is 2.26. The summed E-state index contributed by atoms with van der Waals surface area (Å²) in [7, 11) is 1.55. The number of ether oxygens (including phenoxy) is 1. The molecule has 0 saturated carbocycles. The Morgan fingerprint density at radius 3 is 2.57 bits per heavy atom. The molecular weight excluding hydrogens is 322 g/mol. The van der Waals surface area contributed by atoms with Gasteiger partial charge in [0.25, 0.3) is 5.76 Å². The van der Waals surface area contributed by atoms with E-state index in [9.17, 15) is 13.6 Å². The lowest BCUT2D eigenvalue weighted by Gasteiger charge is -2.09. The van der Waals surface area contributed by atoms with E-state index in [1.807, 2.05) is 0 Å². The Balaban J connectivity index is 1.84. The molecule has 0 heterocycles. The van der Waals surface area contributed by atoms with Crippen molar-refractivity contribution < 1.29 is 18.3 Å². The van der Waals surface area contributed by atoms with Crippen LogP contribution in [0.2, 0.25) is 0 Å². The molecule has 0 aromatic heterocycles. The Labute approximate surface area is 137 Å². The maximum Gasteiger partial charge on any atom is 0.288 e. The lowest BCUT2D eigenvalue weighted by Crippen LogP contribution is -2.21. The largest absolute Gasteiger partial charge is 0.497 e. The van der Waals surface area contributed by atoms with Gasteiger partial charge in [0.2, 0.25) is 5.91 Å². The van der Waals surface area contributed by atoms with Crippen LogP contribution in [-0.4, -0.2) is 25.3 Å². The van der Waals surface area contributed by atoms with E-state index >= 15 is 0 Å². The number of nitrogens with one attached hydrogen (secondary N) is 2. The van der Waals surface area contributed by atoms with E-state index in [2.05, 4.69) is 10.6 Å². The van der Waals surface area contributed by atoms with Crippen LogP contribution in [0.1, 0.15) is 0 Å². The summed E-state index contributed by atoms with van der Waals surface area (Å²) in [5.41, 5.74) is 1.32. The molecule has 0 atom stereocenters. The molecule has 7 heteroatoms. The third-order valence-corrected chi connectivity index (χ3v) is 3.61. The summed E-state index contributed by atoms with van der Waals surface area (Å²) in [6.45, 7) is 0.0680. The standard InChI is InChI=1S/C16H16F2N2O2S/c1-22-13-4-2-3-12(9-13)20-15(21)10-19-11-5-7-14(8-6-11)23-16(17)18/h2-9,16,19H,10H2,1H3,(H,20,21). The first kappa shape index (κ1) is 17.1. The summed E-state index contributed by atoms with van der Waals surface area (Å²) in [4.78, 5) is 12.4. The minimum Gasteiger partial charge on any atom is -0.497 e. The highest BCUT2D eigenvalue weighted by Gasteiger charge is 2.06. The molecule has 2 rings (SSSR count). The predicted octanol–water partition coefficient (Wildman–Crippen LogP) is 4.06. The smallest absolute Gasteiger partial charge is 0.288 e. The summed E-state index contributed by atoms with van der Waals surface area (Å²) in [5, 5.41) is 5.67. The Kier molecular flexibility index (Phi) is 6.22. The number of halogens is 2. The normalized spacial score (nSPS) is 10.4. The van der Waals surface area contributed by atoms with Crippen molar-refractivity contribution in [3.63, 3.8) is 0 Å².